The highest BCUT2D eigenvalue weighted by atomic mass is 35.5. The van der Waals surface area contributed by atoms with Crippen LogP contribution in [0.2, 0.25) is 10.0 Å². The van der Waals surface area contributed by atoms with Crippen LogP contribution in [0.25, 0.3) is 10.9 Å². The average Bonchev–Trinajstić information content (AvgIpc) is 3.53. The van der Waals surface area contributed by atoms with Crippen LogP contribution in [0.5, 0.6) is 0 Å². The number of rotatable bonds is 9. The monoisotopic (exact) mass is 668 g/mol. The van der Waals surface area contributed by atoms with Crippen molar-refractivity contribution in [3.05, 3.63) is 105 Å². The van der Waals surface area contributed by atoms with Crippen LogP contribution in [-0.2, 0) is 0 Å². The number of anilines is 3. The highest BCUT2D eigenvalue weighted by molar-refractivity contribution is 6.36. The van der Waals surface area contributed by atoms with Crippen LogP contribution in [0.4, 0.5) is 34.6 Å². The van der Waals surface area contributed by atoms with Crippen LogP contribution < -0.4 is 10.6 Å². The van der Waals surface area contributed by atoms with Gasteiger partial charge in [0, 0.05) is 36.0 Å². The molecular weight excluding hydrogens is 643 g/mol. The molecule has 6 rings (SSSR count). The molecule has 14 heteroatoms. The third-order valence-electron chi connectivity index (χ3n) is 7.90. The predicted molar refractivity (Wildman–Crippen MR) is 169 cm³/mol. The van der Waals surface area contributed by atoms with Gasteiger partial charge in [-0.2, -0.15) is 5.26 Å². The Labute approximate surface area is 271 Å². The van der Waals surface area contributed by atoms with E-state index in [1.807, 2.05) is 0 Å². The minimum absolute atomic E-state index is 0.0109. The lowest BCUT2D eigenvalue weighted by Crippen LogP contribution is -2.37. The van der Waals surface area contributed by atoms with Crippen molar-refractivity contribution in [2.75, 3.05) is 30.3 Å². The SMILES string of the molecule is N#Cc1cnc2c(Cl)cc(NC(c3ccc(F)cc3)c3cn(C4CCN(CC(F)F)CC4)nn3)cc2c1Nc1ccc(F)c(Cl)c1. The molecule has 46 heavy (non-hydrogen) atoms. The van der Waals surface area contributed by atoms with Crippen molar-refractivity contribution in [1.82, 2.24) is 24.9 Å². The molecule has 1 aliphatic rings. The number of pyridine rings is 1. The van der Waals surface area contributed by atoms with Gasteiger partial charge in [0.15, 0.2) is 0 Å². The molecule has 1 saturated heterocycles. The van der Waals surface area contributed by atoms with Gasteiger partial charge in [-0.05, 0) is 60.9 Å². The summed E-state index contributed by atoms with van der Waals surface area (Å²) in [7, 11) is 0. The normalized spacial score (nSPS) is 14.8. The lowest BCUT2D eigenvalue weighted by molar-refractivity contribution is 0.0688. The van der Waals surface area contributed by atoms with E-state index in [4.69, 9.17) is 23.2 Å². The number of hydrogen-bond acceptors (Lipinski definition) is 7. The Morgan fingerprint density at radius 2 is 1.72 bits per heavy atom. The molecule has 5 aromatic rings. The molecule has 1 aliphatic heterocycles. The second-order valence-corrected chi connectivity index (χ2v) is 11.8. The second kappa shape index (κ2) is 13.5. The number of halogens is 6. The summed E-state index contributed by atoms with van der Waals surface area (Å²) in [5, 5.41) is 26.0. The van der Waals surface area contributed by atoms with E-state index in [1.165, 1.54) is 36.5 Å². The van der Waals surface area contributed by atoms with E-state index in [0.717, 1.165) is 0 Å². The Balaban J connectivity index is 1.35. The maximum absolute atomic E-state index is 13.9. The number of nitrogens with zero attached hydrogens (tertiary/aromatic N) is 6. The lowest BCUT2D eigenvalue weighted by atomic mass is 10.0. The summed E-state index contributed by atoms with van der Waals surface area (Å²) < 4.78 is 55.2. The van der Waals surface area contributed by atoms with Gasteiger partial charge in [0.05, 0.1) is 51.6 Å². The van der Waals surface area contributed by atoms with E-state index in [-0.39, 0.29) is 23.2 Å². The average molecular weight is 670 g/mol. The lowest BCUT2D eigenvalue weighted by Gasteiger charge is -2.31. The van der Waals surface area contributed by atoms with Crippen molar-refractivity contribution < 1.29 is 17.6 Å². The predicted octanol–water partition coefficient (Wildman–Crippen LogP) is 8.13. The molecule has 0 amide bonds. The van der Waals surface area contributed by atoms with Gasteiger partial charge in [-0.3, -0.25) is 9.88 Å². The summed E-state index contributed by atoms with van der Waals surface area (Å²) in [4.78, 5) is 6.13. The Hall–Kier alpha value is -4.44. The van der Waals surface area contributed by atoms with E-state index in [0.29, 0.717) is 70.2 Å². The van der Waals surface area contributed by atoms with Gasteiger partial charge in [0.25, 0.3) is 6.43 Å². The number of aromatic nitrogens is 4. The second-order valence-electron chi connectivity index (χ2n) is 10.9. The highest BCUT2D eigenvalue weighted by Crippen LogP contribution is 2.37. The van der Waals surface area contributed by atoms with Crippen molar-refractivity contribution in [3.63, 3.8) is 0 Å². The first kappa shape index (κ1) is 31.5. The highest BCUT2D eigenvalue weighted by Gasteiger charge is 2.26. The summed E-state index contributed by atoms with van der Waals surface area (Å²) in [6.45, 7) is 0.803. The van der Waals surface area contributed by atoms with E-state index in [1.54, 1.807) is 40.0 Å². The van der Waals surface area contributed by atoms with E-state index in [9.17, 15) is 22.8 Å². The van der Waals surface area contributed by atoms with Crippen molar-refractivity contribution in [2.24, 2.45) is 0 Å². The maximum Gasteiger partial charge on any atom is 0.251 e. The van der Waals surface area contributed by atoms with E-state index >= 15 is 0 Å². The van der Waals surface area contributed by atoms with Crippen molar-refractivity contribution in [2.45, 2.75) is 31.4 Å². The molecule has 8 nitrogen and oxygen atoms in total. The van der Waals surface area contributed by atoms with Crippen LogP contribution in [0.1, 0.15) is 41.7 Å². The molecule has 3 aromatic carbocycles. The first-order valence-electron chi connectivity index (χ1n) is 14.4. The van der Waals surface area contributed by atoms with Crippen LogP contribution in [0.3, 0.4) is 0 Å². The zero-order valence-corrected chi connectivity index (χ0v) is 25.6. The third kappa shape index (κ3) is 6.87. The van der Waals surface area contributed by atoms with Crippen LogP contribution in [0, 0.1) is 23.0 Å². The first-order chi connectivity index (χ1) is 22.2. The number of nitrogens with one attached hydrogen (secondary N) is 2. The maximum atomic E-state index is 13.9. The van der Waals surface area contributed by atoms with Gasteiger partial charge in [0.2, 0.25) is 0 Å². The number of piperidine rings is 1. The van der Waals surface area contributed by atoms with Crippen LogP contribution in [0.15, 0.2) is 67.0 Å². The molecule has 0 spiro atoms. The zero-order valence-electron chi connectivity index (χ0n) is 24.1. The standard InChI is InChI=1S/C32H26Cl2F4N8/c33-25-12-21(5-6-27(25)36)41-30-19(14-39)15-40-32-24(30)11-22(13-26(32)34)42-31(18-1-3-20(35)4-2-18)28-16-46(44-43-28)23-7-9-45(10-8-23)17-29(37)38/h1-6,11-13,15-16,23,29,31,42H,7-10,17H2,(H,40,41). The molecule has 2 N–H and O–H groups in total. The van der Waals surface area contributed by atoms with Gasteiger partial charge < -0.3 is 10.6 Å². The van der Waals surface area contributed by atoms with Gasteiger partial charge >= 0.3 is 0 Å². The van der Waals surface area contributed by atoms with E-state index in [2.05, 4.69) is 32.0 Å². The first-order valence-corrected chi connectivity index (χ1v) is 15.1. The molecule has 0 aliphatic carbocycles. The summed E-state index contributed by atoms with van der Waals surface area (Å²) in [6, 6.07) is 15.1. The number of fused-ring (bicyclic) bond motifs is 1. The van der Waals surface area contributed by atoms with Crippen molar-refractivity contribution in [3.8, 4) is 6.07 Å². The Morgan fingerprint density at radius 3 is 2.41 bits per heavy atom. The van der Waals surface area contributed by atoms with Crippen LogP contribution >= 0.6 is 23.2 Å². The molecule has 1 fully saturated rings. The number of nitriles is 1. The minimum atomic E-state index is -2.38. The van der Waals surface area contributed by atoms with Gasteiger partial charge in [-0.1, -0.05) is 40.5 Å². The van der Waals surface area contributed by atoms with Gasteiger partial charge in [-0.15, -0.1) is 5.10 Å². The van der Waals surface area contributed by atoms with Crippen molar-refractivity contribution >= 4 is 51.2 Å². The molecule has 0 radical (unpaired) electrons. The molecular formula is C32H26Cl2F4N8. The largest absolute Gasteiger partial charge is 0.373 e. The van der Waals surface area contributed by atoms with E-state index < -0.39 is 24.1 Å². The Bertz CT molecular complexity index is 1900. The quantitative estimate of drug-likeness (QED) is 0.153. The number of alkyl halides is 2. The molecule has 1 atom stereocenters. The molecule has 2 aromatic heterocycles. The molecule has 0 bridgehead atoms. The zero-order chi connectivity index (χ0) is 32.4. The fourth-order valence-electron chi connectivity index (χ4n) is 5.59. The molecule has 236 valence electrons. The van der Waals surface area contributed by atoms with Gasteiger partial charge in [-0.25, -0.2) is 22.2 Å². The summed E-state index contributed by atoms with van der Waals surface area (Å²) >= 11 is 12.7. The summed E-state index contributed by atoms with van der Waals surface area (Å²) in [5.74, 6) is -0.981. The number of hydrogen-bond donors (Lipinski definition) is 2. The third-order valence-corrected chi connectivity index (χ3v) is 8.48. The fraction of sp³-hybridized carbons (Fsp3) is 0.250. The number of benzene rings is 3. The van der Waals surface area contributed by atoms with Crippen molar-refractivity contribution in [1.29, 1.82) is 5.26 Å². The minimum Gasteiger partial charge on any atom is -0.373 e. The smallest absolute Gasteiger partial charge is 0.251 e. The number of likely N-dealkylation sites (tertiary alicyclic amines) is 1. The molecule has 3 heterocycles. The topological polar surface area (TPSA) is 94.7 Å². The Kier molecular flexibility index (Phi) is 9.26. The fourth-order valence-corrected chi connectivity index (χ4v) is 6.04. The summed E-state index contributed by atoms with van der Waals surface area (Å²) in [5.41, 5.74) is 3.26. The Morgan fingerprint density at radius 1 is 0.978 bits per heavy atom. The van der Waals surface area contributed by atoms with Crippen LogP contribution in [-0.4, -0.2) is 50.9 Å². The molecule has 0 saturated carbocycles. The van der Waals surface area contributed by atoms with Gasteiger partial charge in [0.1, 0.15) is 23.4 Å². The molecule has 1 unspecified atom stereocenters. The summed E-state index contributed by atoms with van der Waals surface area (Å²) in [6.07, 6.45) is 2.11.